The number of thioether (sulfide) groups is 1. The summed E-state index contributed by atoms with van der Waals surface area (Å²) in [6.45, 7) is 0.547. The van der Waals surface area contributed by atoms with Crippen molar-refractivity contribution < 1.29 is 9.59 Å². The minimum absolute atomic E-state index is 0. The maximum atomic E-state index is 11.9. The molecule has 132 valence electrons. The first-order chi connectivity index (χ1) is 10.7. The molecule has 0 aromatic carbocycles. The first-order valence-electron chi connectivity index (χ1n) is 8.35. The molecular formula is C15H27ClN4O2S. The van der Waals surface area contributed by atoms with Crippen LogP contribution in [-0.2, 0) is 4.79 Å². The number of fused-ring (bicyclic) bond motifs is 1. The van der Waals surface area contributed by atoms with Crippen molar-refractivity contribution in [1.82, 2.24) is 16.0 Å². The molecule has 2 heterocycles. The van der Waals surface area contributed by atoms with E-state index < -0.39 is 0 Å². The molecule has 3 amide bonds. The van der Waals surface area contributed by atoms with Gasteiger partial charge in [-0.1, -0.05) is 6.42 Å². The van der Waals surface area contributed by atoms with Crippen LogP contribution in [0.4, 0.5) is 4.79 Å². The molecule has 4 atom stereocenters. The van der Waals surface area contributed by atoms with Crippen LogP contribution >= 0.6 is 24.2 Å². The molecule has 2 aliphatic heterocycles. The van der Waals surface area contributed by atoms with Crippen molar-refractivity contribution in [3.63, 3.8) is 0 Å². The van der Waals surface area contributed by atoms with Gasteiger partial charge in [-0.15, -0.1) is 12.4 Å². The average Bonchev–Trinajstić information content (AvgIpc) is 3.18. The summed E-state index contributed by atoms with van der Waals surface area (Å²) in [4.78, 5) is 23.2. The van der Waals surface area contributed by atoms with Crippen LogP contribution in [0.25, 0.3) is 0 Å². The molecule has 0 aromatic heterocycles. The van der Waals surface area contributed by atoms with Gasteiger partial charge < -0.3 is 21.7 Å². The van der Waals surface area contributed by atoms with Crippen molar-refractivity contribution >= 4 is 36.1 Å². The molecule has 3 rings (SSSR count). The summed E-state index contributed by atoms with van der Waals surface area (Å²) in [7, 11) is 0. The summed E-state index contributed by atoms with van der Waals surface area (Å²) in [5, 5.41) is 9.50. The highest BCUT2D eigenvalue weighted by Gasteiger charge is 2.42. The van der Waals surface area contributed by atoms with Crippen molar-refractivity contribution in [3.8, 4) is 0 Å². The van der Waals surface area contributed by atoms with Crippen molar-refractivity contribution in [3.05, 3.63) is 0 Å². The molecule has 0 radical (unpaired) electrons. The second kappa shape index (κ2) is 8.44. The van der Waals surface area contributed by atoms with Gasteiger partial charge in [-0.3, -0.25) is 4.79 Å². The van der Waals surface area contributed by atoms with E-state index in [0.29, 0.717) is 24.1 Å². The van der Waals surface area contributed by atoms with Gasteiger partial charge in [-0.2, -0.15) is 11.8 Å². The molecule has 1 aliphatic carbocycles. The molecule has 0 spiro atoms. The zero-order chi connectivity index (χ0) is 15.5. The SMILES string of the molecule is Cl.NCC(NC(=O)CCCC[C@@H]1SC[C@@H]2NC(=O)N[C@@H]21)C1CC1. The number of amides is 3. The Balaban J connectivity index is 0.00000192. The largest absolute Gasteiger partial charge is 0.352 e. The second-order valence-electron chi connectivity index (χ2n) is 6.61. The first-order valence-corrected chi connectivity index (χ1v) is 9.40. The van der Waals surface area contributed by atoms with Crippen molar-refractivity contribution in [2.75, 3.05) is 12.3 Å². The average molecular weight is 363 g/mol. The van der Waals surface area contributed by atoms with Gasteiger partial charge in [0, 0.05) is 30.0 Å². The van der Waals surface area contributed by atoms with Gasteiger partial charge in [-0.25, -0.2) is 4.79 Å². The highest BCUT2D eigenvalue weighted by molar-refractivity contribution is 8.00. The van der Waals surface area contributed by atoms with Gasteiger partial charge in [0.2, 0.25) is 5.91 Å². The lowest BCUT2D eigenvalue weighted by atomic mass is 10.0. The summed E-state index contributed by atoms with van der Waals surface area (Å²) in [6, 6.07) is 0.698. The third kappa shape index (κ3) is 4.90. The highest BCUT2D eigenvalue weighted by atomic mass is 35.5. The van der Waals surface area contributed by atoms with Crippen molar-refractivity contribution in [2.45, 2.75) is 61.9 Å². The second-order valence-corrected chi connectivity index (χ2v) is 7.89. The van der Waals surface area contributed by atoms with E-state index in [0.717, 1.165) is 25.0 Å². The summed E-state index contributed by atoms with van der Waals surface area (Å²) in [5.74, 6) is 1.74. The molecule has 3 aliphatic rings. The standard InChI is InChI=1S/C15H26N4O2S.ClH/c16-7-10(9-5-6-9)17-13(20)4-2-1-3-12-14-11(8-22-12)18-15(21)19-14;/h9-12,14H,1-8,16H2,(H,17,20)(H2,18,19,21);1H/t10?,11-,12-,14-;/m0./s1. The number of nitrogens with one attached hydrogen (secondary N) is 3. The van der Waals surface area contributed by atoms with E-state index in [2.05, 4.69) is 16.0 Å². The Morgan fingerprint density at radius 2 is 2.13 bits per heavy atom. The quantitative estimate of drug-likeness (QED) is 0.382. The number of hydrogen-bond acceptors (Lipinski definition) is 4. The first kappa shape index (κ1) is 18.7. The van der Waals surface area contributed by atoms with Gasteiger partial charge in [0.1, 0.15) is 0 Å². The lowest BCUT2D eigenvalue weighted by Crippen LogP contribution is -2.41. The van der Waals surface area contributed by atoms with Crippen LogP contribution < -0.4 is 21.7 Å². The number of carbonyl (C=O) groups excluding carboxylic acids is 2. The fourth-order valence-electron chi connectivity index (χ4n) is 3.42. The van der Waals surface area contributed by atoms with Gasteiger partial charge >= 0.3 is 6.03 Å². The summed E-state index contributed by atoms with van der Waals surface area (Å²) in [5.41, 5.74) is 5.70. The van der Waals surface area contributed by atoms with Crippen LogP contribution in [0.1, 0.15) is 38.5 Å². The lowest BCUT2D eigenvalue weighted by Gasteiger charge is -2.17. The number of nitrogens with two attached hydrogens (primary N) is 1. The Morgan fingerprint density at radius 1 is 1.35 bits per heavy atom. The maximum absolute atomic E-state index is 11.9. The van der Waals surface area contributed by atoms with Gasteiger partial charge in [0.25, 0.3) is 0 Å². The van der Waals surface area contributed by atoms with Crippen LogP contribution in [0.2, 0.25) is 0 Å². The van der Waals surface area contributed by atoms with E-state index in [-0.39, 0.29) is 42.5 Å². The number of halogens is 1. The van der Waals surface area contributed by atoms with Gasteiger partial charge in [0.15, 0.2) is 0 Å². The van der Waals surface area contributed by atoms with Crippen LogP contribution in [0.3, 0.4) is 0 Å². The highest BCUT2D eigenvalue weighted by Crippen LogP contribution is 2.33. The van der Waals surface area contributed by atoms with Crippen molar-refractivity contribution in [1.29, 1.82) is 0 Å². The molecule has 1 unspecified atom stereocenters. The summed E-state index contributed by atoms with van der Waals surface area (Å²) in [6.07, 6.45) is 5.97. The molecule has 1 saturated carbocycles. The number of unbranched alkanes of at least 4 members (excludes halogenated alkanes) is 1. The Labute approximate surface area is 147 Å². The lowest BCUT2D eigenvalue weighted by molar-refractivity contribution is -0.122. The molecular weight excluding hydrogens is 336 g/mol. The zero-order valence-corrected chi connectivity index (χ0v) is 14.9. The van der Waals surface area contributed by atoms with E-state index in [4.69, 9.17) is 5.73 Å². The van der Waals surface area contributed by atoms with Crippen LogP contribution in [0.5, 0.6) is 0 Å². The molecule has 0 aromatic rings. The predicted octanol–water partition coefficient (Wildman–Crippen LogP) is 0.987. The van der Waals surface area contributed by atoms with Gasteiger partial charge in [-0.05, 0) is 31.6 Å². The molecule has 0 bridgehead atoms. The fourth-order valence-corrected chi connectivity index (χ4v) is 4.96. The Bertz CT molecular complexity index is 436. The summed E-state index contributed by atoms with van der Waals surface area (Å²) >= 11 is 1.93. The minimum atomic E-state index is -0.0346. The minimum Gasteiger partial charge on any atom is -0.352 e. The van der Waals surface area contributed by atoms with Crippen LogP contribution in [0, 0.1) is 5.92 Å². The van der Waals surface area contributed by atoms with E-state index in [1.165, 1.54) is 12.8 Å². The molecule has 23 heavy (non-hydrogen) atoms. The molecule has 5 N–H and O–H groups in total. The van der Waals surface area contributed by atoms with Crippen molar-refractivity contribution in [2.24, 2.45) is 11.7 Å². The molecule has 3 fully saturated rings. The monoisotopic (exact) mass is 362 g/mol. The number of carbonyl (C=O) groups is 2. The van der Waals surface area contributed by atoms with Crippen LogP contribution in [-0.4, -0.2) is 47.6 Å². The van der Waals surface area contributed by atoms with Gasteiger partial charge in [0.05, 0.1) is 12.1 Å². The normalized spacial score (nSPS) is 30.0. The maximum Gasteiger partial charge on any atom is 0.315 e. The molecule has 2 saturated heterocycles. The predicted molar refractivity (Wildman–Crippen MR) is 94.9 cm³/mol. The zero-order valence-electron chi connectivity index (χ0n) is 13.3. The van der Waals surface area contributed by atoms with E-state index in [9.17, 15) is 9.59 Å². The van der Waals surface area contributed by atoms with E-state index in [1.807, 2.05) is 11.8 Å². The number of hydrogen-bond donors (Lipinski definition) is 4. The topological polar surface area (TPSA) is 96.2 Å². The fraction of sp³-hybridized carbons (Fsp3) is 0.867. The van der Waals surface area contributed by atoms with E-state index in [1.54, 1.807) is 0 Å². The third-order valence-corrected chi connectivity index (χ3v) is 6.38. The van der Waals surface area contributed by atoms with Crippen LogP contribution in [0.15, 0.2) is 0 Å². The van der Waals surface area contributed by atoms with E-state index >= 15 is 0 Å². The Morgan fingerprint density at radius 3 is 2.83 bits per heavy atom. The third-order valence-electron chi connectivity index (χ3n) is 4.87. The number of rotatable bonds is 8. The smallest absolute Gasteiger partial charge is 0.315 e. The summed E-state index contributed by atoms with van der Waals surface area (Å²) < 4.78 is 0. The molecule has 8 heteroatoms. The Kier molecular flexibility index (Phi) is 6.85. The number of urea groups is 1. The molecule has 6 nitrogen and oxygen atoms in total. The Hall–Kier alpha value is -0.660.